The quantitative estimate of drug-likeness (QED) is 0.274. The van der Waals surface area contributed by atoms with E-state index in [2.05, 4.69) is 15.5 Å². The van der Waals surface area contributed by atoms with Crippen LogP contribution in [0.2, 0.25) is 0 Å². The molecule has 0 aliphatic carbocycles. The first-order chi connectivity index (χ1) is 20.5. The van der Waals surface area contributed by atoms with Crippen molar-refractivity contribution in [3.05, 3.63) is 47.8 Å². The van der Waals surface area contributed by atoms with Gasteiger partial charge in [-0.05, 0) is 48.7 Å². The molecule has 230 valence electrons. The highest BCUT2D eigenvalue weighted by atomic mass is 16.5. The Labute approximate surface area is 249 Å². The molecule has 1 saturated heterocycles. The minimum Gasteiger partial charge on any atom is -0.508 e. The van der Waals surface area contributed by atoms with Crippen molar-refractivity contribution in [1.29, 1.82) is 0 Å². The van der Waals surface area contributed by atoms with E-state index >= 15 is 0 Å². The van der Waals surface area contributed by atoms with Gasteiger partial charge in [0.1, 0.15) is 23.4 Å². The van der Waals surface area contributed by atoms with Crippen molar-refractivity contribution in [3.63, 3.8) is 0 Å². The van der Waals surface area contributed by atoms with Gasteiger partial charge in [0.05, 0.1) is 5.56 Å². The van der Waals surface area contributed by atoms with Crippen molar-refractivity contribution in [2.75, 3.05) is 33.2 Å². The molecule has 2 heterocycles. The first-order valence-electron chi connectivity index (χ1n) is 14.3. The molecule has 0 spiro atoms. The lowest BCUT2D eigenvalue weighted by molar-refractivity contribution is -0.133. The van der Waals surface area contributed by atoms with Crippen LogP contribution in [0.3, 0.4) is 0 Å². The number of ether oxygens (including phenoxy) is 1. The second-order valence-corrected chi connectivity index (χ2v) is 10.8. The van der Waals surface area contributed by atoms with Crippen LogP contribution >= 0.6 is 0 Å². The normalized spacial score (nSPS) is 13.7. The summed E-state index contributed by atoms with van der Waals surface area (Å²) in [5, 5.41) is 41.1. The second-order valence-electron chi connectivity index (χ2n) is 10.8. The topological polar surface area (TPSA) is 170 Å². The Morgan fingerprint density at radius 2 is 1.74 bits per heavy atom. The Balaban J connectivity index is 1.51. The van der Waals surface area contributed by atoms with Crippen molar-refractivity contribution in [3.8, 4) is 34.3 Å². The van der Waals surface area contributed by atoms with Crippen LogP contribution in [-0.4, -0.2) is 97.1 Å². The van der Waals surface area contributed by atoms with Gasteiger partial charge < -0.3 is 35.2 Å². The molecular formula is C30H38N6O7. The Morgan fingerprint density at radius 1 is 1.07 bits per heavy atom. The summed E-state index contributed by atoms with van der Waals surface area (Å²) in [6, 6.07) is 10.00. The Morgan fingerprint density at radius 3 is 2.35 bits per heavy atom. The number of piperidine rings is 1. The Kier molecular flexibility index (Phi) is 9.73. The van der Waals surface area contributed by atoms with E-state index in [0.717, 1.165) is 4.90 Å². The lowest BCUT2D eigenvalue weighted by Gasteiger charge is -2.32. The predicted octanol–water partition coefficient (Wildman–Crippen LogP) is 3.59. The number of likely N-dealkylation sites (tertiary alicyclic amines) is 1. The number of phenolic OH excluding ortho intramolecular Hbond substituents is 2. The molecule has 13 heteroatoms. The van der Waals surface area contributed by atoms with E-state index in [-0.39, 0.29) is 54.0 Å². The number of amides is 3. The molecule has 0 bridgehead atoms. The lowest BCUT2D eigenvalue weighted by Crippen LogP contribution is -2.42. The fourth-order valence-corrected chi connectivity index (χ4v) is 4.93. The number of nitrogens with one attached hydrogen (secondary N) is 1. The summed E-state index contributed by atoms with van der Waals surface area (Å²) in [7, 11) is 1.44. The summed E-state index contributed by atoms with van der Waals surface area (Å²) < 4.78 is 7.73. The monoisotopic (exact) mass is 594 g/mol. The third-order valence-corrected chi connectivity index (χ3v) is 7.39. The van der Waals surface area contributed by atoms with Gasteiger partial charge in [0.2, 0.25) is 11.7 Å². The second kappa shape index (κ2) is 13.4. The average Bonchev–Trinajstić information content (AvgIpc) is 3.41. The molecule has 13 nitrogen and oxygen atoms in total. The molecule has 0 atom stereocenters. The summed E-state index contributed by atoms with van der Waals surface area (Å²) in [5.74, 6) is 0.115. The van der Waals surface area contributed by atoms with Crippen LogP contribution in [0.4, 0.5) is 4.79 Å². The first kappa shape index (κ1) is 31.1. The number of carboxylic acid groups (broad SMARTS) is 1. The highest BCUT2D eigenvalue weighted by Crippen LogP contribution is 2.38. The molecule has 0 unspecified atom stereocenters. The van der Waals surface area contributed by atoms with Crippen molar-refractivity contribution >= 4 is 17.9 Å². The van der Waals surface area contributed by atoms with Crippen molar-refractivity contribution < 1.29 is 34.4 Å². The summed E-state index contributed by atoms with van der Waals surface area (Å²) in [6.07, 6.45) is 0.247. The molecule has 3 amide bonds. The maximum atomic E-state index is 12.9. The molecule has 3 aromatic rings. The molecule has 4 N–H and O–H groups in total. The van der Waals surface area contributed by atoms with E-state index < -0.39 is 12.0 Å². The zero-order valence-corrected chi connectivity index (χ0v) is 24.8. The number of carbonyl (C=O) groups excluding carboxylic acids is 2. The van der Waals surface area contributed by atoms with Gasteiger partial charge in [-0.25, -0.2) is 4.79 Å². The summed E-state index contributed by atoms with van der Waals surface area (Å²) in [5.41, 5.74) is 1.51. The summed E-state index contributed by atoms with van der Waals surface area (Å²) in [4.78, 5) is 39.1. The molecule has 43 heavy (non-hydrogen) atoms. The van der Waals surface area contributed by atoms with Gasteiger partial charge >= 0.3 is 6.09 Å². The fourth-order valence-electron chi connectivity index (χ4n) is 4.93. The first-order valence-corrected chi connectivity index (χ1v) is 14.3. The van der Waals surface area contributed by atoms with Gasteiger partial charge in [0.15, 0.2) is 5.82 Å². The molecule has 0 saturated carbocycles. The minimum atomic E-state index is -1.06. The smallest absolute Gasteiger partial charge is 0.407 e. The number of aromatic hydroxyl groups is 2. The highest BCUT2D eigenvalue weighted by molar-refractivity contribution is 5.92. The van der Waals surface area contributed by atoms with Crippen LogP contribution < -0.4 is 10.1 Å². The highest BCUT2D eigenvalue weighted by Gasteiger charge is 2.26. The summed E-state index contributed by atoms with van der Waals surface area (Å²) in [6.45, 7) is 7.22. The molecule has 1 aromatic heterocycles. The van der Waals surface area contributed by atoms with Crippen LogP contribution in [0.5, 0.6) is 17.2 Å². The van der Waals surface area contributed by atoms with Crippen LogP contribution in [0.1, 0.15) is 62.1 Å². The molecule has 4 rings (SSSR count). The molecule has 0 radical (unpaired) electrons. The van der Waals surface area contributed by atoms with Crippen LogP contribution in [0.15, 0.2) is 36.4 Å². The molecule has 2 aromatic carbocycles. The maximum Gasteiger partial charge on any atom is 0.407 e. The third-order valence-electron chi connectivity index (χ3n) is 7.39. The Hall–Kier alpha value is -4.81. The number of hydrogen-bond acceptors (Lipinski definition) is 8. The number of aromatic nitrogens is 3. The third kappa shape index (κ3) is 7.16. The van der Waals surface area contributed by atoms with Crippen LogP contribution in [0, 0.1) is 0 Å². The maximum absolute atomic E-state index is 12.9. The number of rotatable bonds is 10. The molecular weight excluding hydrogens is 556 g/mol. The van der Waals surface area contributed by atoms with Gasteiger partial charge in [-0.3, -0.25) is 14.2 Å². The predicted molar refractivity (Wildman–Crippen MR) is 158 cm³/mol. The molecule has 1 fully saturated rings. The number of phenols is 2. The van der Waals surface area contributed by atoms with E-state index in [9.17, 15) is 24.6 Å². The van der Waals surface area contributed by atoms with Crippen molar-refractivity contribution in [2.24, 2.45) is 0 Å². The summed E-state index contributed by atoms with van der Waals surface area (Å²) >= 11 is 0. The van der Waals surface area contributed by atoms with Gasteiger partial charge in [-0.15, -0.1) is 10.2 Å². The van der Waals surface area contributed by atoms with Crippen molar-refractivity contribution in [1.82, 2.24) is 29.9 Å². The number of carbonyl (C=O) groups is 3. The van der Waals surface area contributed by atoms with Gasteiger partial charge in [-0.1, -0.05) is 13.8 Å². The van der Waals surface area contributed by atoms with E-state index in [4.69, 9.17) is 9.84 Å². The number of nitrogens with zero attached hydrogens (tertiary/aromatic N) is 5. The van der Waals surface area contributed by atoms with Gasteiger partial charge in [0.25, 0.3) is 5.91 Å². The van der Waals surface area contributed by atoms with Crippen LogP contribution in [0.25, 0.3) is 17.1 Å². The van der Waals surface area contributed by atoms with Gasteiger partial charge in [0, 0.05) is 64.2 Å². The minimum absolute atomic E-state index is 0.0290. The van der Waals surface area contributed by atoms with Crippen molar-refractivity contribution in [2.45, 2.75) is 52.1 Å². The van der Waals surface area contributed by atoms with E-state index in [0.29, 0.717) is 55.0 Å². The van der Waals surface area contributed by atoms with Gasteiger partial charge in [-0.2, -0.15) is 0 Å². The average molecular weight is 595 g/mol. The standard InChI is InChI=1S/C30H38N6O7/c1-5-31-29(40)28-33-32-27(23-16-22(18(2)3)24(37)17-25(23)38)36(28)19-6-8-20(9-7-19)43-21-10-14-35(15-11-21)26(39)12-13-34(4)30(41)42/h6-9,16-18,21,37-38H,5,10-15H2,1-4H3,(H,31,40)(H,41,42). The lowest BCUT2D eigenvalue weighted by atomic mass is 9.98. The van der Waals surface area contributed by atoms with E-state index in [1.165, 1.54) is 13.1 Å². The fraction of sp³-hybridized carbons (Fsp3) is 0.433. The largest absolute Gasteiger partial charge is 0.508 e. The molecule has 1 aliphatic rings. The number of benzene rings is 2. The van der Waals surface area contributed by atoms with Crippen LogP contribution in [-0.2, 0) is 4.79 Å². The SMILES string of the molecule is CCNC(=O)c1nnc(-c2cc(C(C)C)c(O)cc2O)n1-c1ccc(OC2CCN(C(=O)CCN(C)C(=O)O)CC2)cc1. The van der Waals surface area contributed by atoms with E-state index in [1.54, 1.807) is 46.7 Å². The molecule has 1 aliphatic heterocycles. The zero-order valence-electron chi connectivity index (χ0n) is 24.8. The number of hydrogen-bond donors (Lipinski definition) is 4. The van der Waals surface area contributed by atoms with E-state index in [1.807, 2.05) is 13.8 Å². The zero-order chi connectivity index (χ0) is 31.3. The Bertz CT molecular complexity index is 1460.